The van der Waals surface area contributed by atoms with Crippen molar-refractivity contribution in [3.63, 3.8) is 0 Å². The lowest BCUT2D eigenvalue weighted by Gasteiger charge is -2.27. The van der Waals surface area contributed by atoms with Gasteiger partial charge in [-0.15, -0.1) is 0 Å². The molecule has 3 heteroatoms. The third-order valence-corrected chi connectivity index (χ3v) is 3.03. The van der Waals surface area contributed by atoms with Crippen LogP contribution in [0.5, 0.6) is 0 Å². The zero-order chi connectivity index (χ0) is 9.68. The van der Waals surface area contributed by atoms with Gasteiger partial charge in [0, 0.05) is 25.7 Å². The summed E-state index contributed by atoms with van der Waals surface area (Å²) in [6.07, 6.45) is 2.72. The number of rotatable bonds is 5. The zero-order valence-electron chi connectivity index (χ0n) is 9.00. The number of hydrogen-bond donors (Lipinski definition) is 1. The molecule has 1 atom stereocenters. The van der Waals surface area contributed by atoms with Gasteiger partial charge in [-0.3, -0.25) is 0 Å². The van der Waals surface area contributed by atoms with Crippen LogP contribution < -0.4 is 5.73 Å². The monoisotopic (exact) mass is 185 g/mol. The Morgan fingerprint density at radius 3 is 2.77 bits per heavy atom. The summed E-state index contributed by atoms with van der Waals surface area (Å²) < 4.78 is 0. The van der Waals surface area contributed by atoms with Gasteiger partial charge in [-0.1, -0.05) is 6.92 Å². The van der Waals surface area contributed by atoms with E-state index in [2.05, 4.69) is 23.8 Å². The van der Waals surface area contributed by atoms with Gasteiger partial charge >= 0.3 is 0 Å². The highest BCUT2D eigenvalue weighted by atomic mass is 15.2. The van der Waals surface area contributed by atoms with Crippen molar-refractivity contribution in [2.24, 2.45) is 5.73 Å². The van der Waals surface area contributed by atoms with Crippen molar-refractivity contribution in [1.82, 2.24) is 9.80 Å². The van der Waals surface area contributed by atoms with Crippen LogP contribution in [0.2, 0.25) is 0 Å². The predicted molar refractivity (Wildman–Crippen MR) is 56.8 cm³/mol. The van der Waals surface area contributed by atoms with Gasteiger partial charge in [-0.25, -0.2) is 0 Å². The van der Waals surface area contributed by atoms with Crippen LogP contribution in [0.1, 0.15) is 19.8 Å². The third kappa shape index (κ3) is 3.25. The molecule has 1 aliphatic heterocycles. The Balaban J connectivity index is 2.27. The maximum absolute atomic E-state index is 5.56. The number of nitrogens with two attached hydrogens (primary N) is 1. The number of hydrogen-bond acceptors (Lipinski definition) is 3. The van der Waals surface area contributed by atoms with Gasteiger partial charge in [0.25, 0.3) is 0 Å². The predicted octanol–water partition coefficient (Wildman–Crippen LogP) is 0.361. The molecule has 3 nitrogen and oxygen atoms in total. The van der Waals surface area contributed by atoms with Crippen molar-refractivity contribution in [1.29, 1.82) is 0 Å². The maximum atomic E-state index is 5.56. The fourth-order valence-electron chi connectivity index (χ4n) is 2.07. The quantitative estimate of drug-likeness (QED) is 0.671. The van der Waals surface area contributed by atoms with E-state index in [9.17, 15) is 0 Å². The van der Waals surface area contributed by atoms with Crippen molar-refractivity contribution in [3.8, 4) is 0 Å². The molecule has 2 N–H and O–H groups in total. The largest absolute Gasteiger partial charge is 0.329 e. The van der Waals surface area contributed by atoms with Crippen molar-refractivity contribution in [2.75, 3.05) is 39.8 Å². The molecule has 0 aromatic carbocycles. The number of nitrogens with zero attached hydrogens (tertiary/aromatic N) is 2. The van der Waals surface area contributed by atoms with Gasteiger partial charge in [0.05, 0.1) is 0 Å². The highest BCUT2D eigenvalue weighted by Crippen LogP contribution is 2.15. The fourth-order valence-corrected chi connectivity index (χ4v) is 2.07. The van der Waals surface area contributed by atoms with Crippen LogP contribution in [0.15, 0.2) is 0 Å². The van der Waals surface area contributed by atoms with E-state index in [1.54, 1.807) is 0 Å². The second kappa shape index (κ2) is 5.58. The molecule has 1 rings (SSSR count). The molecule has 1 fully saturated rings. The summed E-state index contributed by atoms with van der Waals surface area (Å²) in [6, 6.07) is 0.770. The molecule has 0 aromatic rings. The molecule has 1 aliphatic rings. The molecule has 1 saturated heterocycles. The normalized spacial score (nSPS) is 24.5. The minimum Gasteiger partial charge on any atom is -0.329 e. The molecule has 0 amide bonds. The Labute approximate surface area is 81.9 Å². The van der Waals surface area contributed by atoms with E-state index in [0.29, 0.717) is 0 Å². The van der Waals surface area contributed by atoms with Crippen molar-refractivity contribution in [3.05, 3.63) is 0 Å². The van der Waals surface area contributed by atoms with Crippen LogP contribution in [0.4, 0.5) is 0 Å². The first-order chi connectivity index (χ1) is 6.27. The van der Waals surface area contributed by atoms with E-state index in [-0.39, 0.29) is 0 Å². The van der Waals surface area contributed by atoms with Crippen LogP contribution in [-0.2, 0) is 0 Å². The average molecular weight is 185 g/mol. The van der Waals surface area contributed by atoms with Crippen LogP contribution in [0, 0.1) is 0 Å². The van der Waals surface area contributed by atoms with Crippen LogP contribution >= 0.6 is 0 Å². The lowest BCUT2D eigenvalue weighted by atomic mass is 10.2. The van der Waals surface area contributed by atoms with E-state index < -0.39 is 0 Å². The first kappa shape index (κ1) is 11.0. The molecule has 0 aromatic heterocycles. The molecule has 0 bridgehead atoms. The van der Waals surface area contributed by atoms with Gasteiger partial charge in [0.1, 0.15) is 0 Å². The zero-order valence-corrected chi connectivity index (χ0v) is 9.00. The smallest absolute Gasteiger partial charge is 0.0220 e. The minimum absolute atomic E-state index is 0.770. The van der Waals surface area contributed by atoms with Crippen LogP contribution in [0.25, 0.3) is 0 Å². The first-order valence-electron chi connectivity index (χ1n) is 5.40. The highest BCUT2D eigenvalue weighted by molar-refractivity contribution is 4.79. The first-order valence-corrected chi connectivity index (χ1v) is 5.40. The summed E-state index contributed by atoms with van der Waals surface area (Å²) in [5, 5.41) is 0. The third-order valence-electron chi connectivity index (χ3n) is 3.03. The van der Waals surface area contributed by atoms with E-state index in [4.69, 9.17) is 5.73 Å². The molecule has 1 unspecified atom stereocenters. The summed E-state index contributed by atoms with van der Waals surface area (Å²) in [6.45, 7) is 7.63. The van der Waals surface area contributed by atoms with E-state index in [1.807, 2.05) is 0 Å². The van der Waals surface area contributed by atoms with Crippen LogP contribution in [0.3, 0.4) is 0 Å². The molecule has 0 aliphatic carbocycles. The minimum atomic E-state index is 0.770. The van der Waals surface area contributed by atoms with E-state index >= 15 is 0 Å². The average Bonchev–Trinajstić information content (AvgIpc) is 2.51. The van der Waals surface area contributed by atoms with E-state index in [1.165, 1.54) is 25.9 Å². The van der Waals surface area contributed by atoms with Crippen molar-refractivity contribution >= 4 is 0 Å². The second-order valence-corrected chi connectivity index (χ2v) is 3.96. The summed E-state index contributed by atoms with van der Waals surface area (Å²) in [5.74, 6) is 0. The van der Waals surface area contributed by atoms with Crippen molar-refractivity contribution < 1.29 is 0 Å². The summed E-state index contributed by atoms with van der Waals surface area (Å²) >= 11 is 0. The molecular formula is C10H23N3. The molecule has 0 saturated carbocycles. The Hall–Kier alpha value is -0.120. The van der Waals surface area contributed by atoms with Crippen molar-refractivity contribution in [2.45, 2.75) is 25.8 Å². The highest BCUT2D eigenvalue weighted by Gasteiger charge is 2.22. The van der Waals surface area contributed by atoms with Gasteiger partial charge in [-0.2, -0.15) is 0 Å². The Kier molecular flexibility index (Phi) is 4.70. The second-order valence-electron chi connectivity index (χ2n) is 3.96. The Bertz CT molecular complexity index is 138. The van der Waals surface area contributed by atoms with Gasteiger partial charge in [0.15, 0.2) is 0 Å². The fraction of sp³-hybridized carbons (Fsp3) is 1.00. The molecular weight excluding hydrogens is 162 g/mol. The maximum Gasteiger partial charge on any atom is 0.0220 e. The summed E-state index contributed by atoms with van der Waals surface area (Å²) in [4.78, 5) is 4.92. The number of likely N-dealkylation sites (tertiary alicyclic amines) is 1. The number of likely N-dealkylation sites (N-methyl/N-ethyl adjacent to an activating group) is 2. The van der Waals surface area contributed by atoms with Gasteiger partial charge < -0.3 is 15.5 Å². The SMILES string of the molecule is CCN(CCN)CC1CCCN1C. The Morgan fingerprint density at radius 1 is 1.54 bits per heavy atom. The Morgan fingerprint density at radius 2 is 2.31 bits per heavy atom. The lowest BCUT2D eigenvalue weighted by Crippen LogP contribution is -2.40. The lowest BCUT2D eigenvalue weighted by molar-refractivity contribution is 0.203. The van der Waals surface area contributed by atoms with Gasteiger partial charge in [0.2, 0.25) is 0 Å². The topological polar surface area (TPSA) is 32.5 Å². The van der Waals surface area contributed by atoms with E-state index in [0.717, 1.165) is 25.7 Å². The molecule has 1 heterocycles. The van der Waals surface area contributed by atoms with Crippen LogP contribution in [-0.4, -0.2) is 55.6 Å². The summed E-state index contributed by atoms with van der Waals surface area (Å²) in [7, 11) is 2.23. The summed E-state index contributed by atoms with van der Waals surface area (Å²) in [5.41, 5.74) is 5.56. The molecule has 13 heavy (non-hydrogen) atoms. The van der Waals surface area contributed by atoms with Gasteiger partial charge in [-0.05, 0) is 33.0 Å². The standard InChI is InChI=1S/C10H23N3/c1-3-13(8-6-11)9-10-5-4-7-12(10)2/h10H,3-9,11H2,1-2H3. The molecule has 0 spiro atoms. The molecule has 78 valence electrons. The molecule has 0 radical (unpaired) electrons.